The third-order valence-corrected chi connectivity index (χ3v) is 6.32. The zero-order chi connectivity index (χ0) is 21.5. The summed E-state index contributed by atoms with van der Waals surface area (Å²) < 4.78 is 18.5. The molecule has 2 aromatic rings. The fourth-order valence-electron chi connectivity index (χ4n) is 4.27. The Kier molecular flexibility index (Phi) is 5.32. The van der Waals surface area contributed by atoms with Gasteiger partial charge in [-0.05, 0) is 42.4 Å². The molecule has 0 bridgehead atoms. The van der Waals surface area contributed by atoms with Gasteiger partial charge in [0, 0.05) is 44.0 Å². The summed E-state index contributed by atoms with van der Waals surface area (Å²) in [6.07, 6.45) is 5.20. The summed E-state index contributed by atoms with van der Waals surface area (Å²) in [5.41, 5.74) is 2.11. The molecule has 4 rings (SSSR count). The van der Waals surface area contributed by atoms with Crippen LogP contribution in [0.1, 0.15) is 48.1 Å². The van der Waals surface area contributed by atoms with Crippen molar-refractivity contribution in [2.75, 3.05) is 27.4 Å². The number of carboxylic acids is 1. The molecule has 0 amide bonds. The lowest BCUT2D eigenvalue weighted by molar-refractivity contribution is 0.0694. The van der Waals surface area contributed by atoms with Gasteiger partial charge >= 0.3 is 5.97 Å². The summed E-state index contributed by atoms with van der Waals surface area (Å²) in [4.78, 5) is 24.0. The molecule has 0 spiro atoms. The van der Waals surface area contributed by atoms with Crippen molar-refractivity contribution in [3.8, 4) is 22.8 Å². The molecule has 1 aromatic carbocycles. The molecule has 30 heavy (non-hydrogen) atoms. The van der Waals surface area contributed by atoms with Crippen LogP contribution in [0.3, 0.4) is 0 Å². The van der Waals surface area contributed by atoms with E-state index in [2.05, 4.69) is 6.92 Å². The Morgan fingerprint density at radius 3 is 2.60 bits per heavy atom. The van der Waals surface area contributed by atoms with Gasteiger partial charge in [0.05, 0.1) is 19.4 Å². The van der Waals surface area contributed by atoms with Crippen molar-refractivity contribution in [1.82, 2.24) is 4.57 Å². The standard InChI is InChI=1S/C23H27NO6/c1-23(5-6-23)21-10-14-9-20(30-8-4-7-28-2)19(29-3)11-15(14)17-12-18(25)16(22(26)27)13-24(17)21/h9,11-13,21H,4-8,10H2,1-3H3,(H,26,27). The van der Waals surface area contributed by atoms with E-state index in [1.165, 1.54) is 12.3 Å². The molecular formula is C23H27NO6. The number of rotatable bonds is 8. The van der Waals surface area contributed by atoms with Gasteiger partial charge in [-0.15, -0.1) is 0 Å². The van der Waals surface area contributed by atoms with E-state index in [0.717, 1.165) is 42.5 Å². The number of nitrogens with zero attached hydrogens (tertiary/aromatic N) is 1. The summed E-state index contributed by atoms with van der Waals surface area (Å²) in [6, 6.07) is 5.42. The molecule has 1 unspecified atom stereocenters. The highest BCUT2D eigenvalue weighted by molar-refractivity contribution is 5.88. The number of hydrogen-bond acceptors (Lipinski definition) is 5. The lowest BCUT2D eigenvalue weighted by atomic mass is 9.84. The summed E-state index contributed by atoms with van der Waals surface area (Å²) in [7, 11) is 3.24. The van der Waals surface area contributed by atoms with Gasteiger partial charge in [0.2, 0.25) is 0 Å². The SMILES string of the molecule is COCCCOc1cc2c(cc1OC)-c1cc(=O)c(C(=O)O)cn1C(C1(C)CC1)C2. The van der Waals surface area contributed by atoms with E-state index in [1.807, 2.05) is 16.7 Å². The van der Waals surface area contributed by atoms with Crippen LogP contribution in [0.5, 0.6) is 11.5 Å². The quantitative estimate of drug-likeness (QED) is 0.666. The summed E-state index contributed by atoms with van der Waals surface area (Å²) in [5, 5.41) is 9.45. The van der Waals surface area contributed by atoms with Gasteiger partial charge in [0.1, 0.15) is 5.56 Å². The van der Waals surface area contributed by atoms with Crippen LogP contribution in [0.4, 0.5) is 0 Å². The van der Waals surface area contributed by atoms with Crippen molar-refractivity contribution in [3.63, 3.8) is 0 Å². The van der Waals surface area contributed by atoms with Crippen LogP contribution in [0, 0.1) is 5.41 Å². The molecule has 1 atom stereocenters. The Hall–Kier alpha value is -2.80. The zero-order valence-corrected chi connectivity index (χ0v) is 17.6. The molecule has 160 valence electrons. The Labute approximate surface area is 175 Å². The molecular weight excluding hydrogens is 386 g/mol. The van der Waals surface area contributed by atoms with Crippen molar-refractivity contribution in [3.05, 3.63) is 45.7 Å². The number of aromatic carboxylic acids is 1. The molecule has 7 heteroatoms. The minimum absolute atomic E-state index is 0.0911. The lowest BCUT2D eigenvalue weighted by Crippen LogP contribution is -2.29. The molecule has 2 aliphatic rings. The molecule has 0 radical (unpaired) electrons. The van der Waals surface area contributed by atoms with Crippen LogP contribution < -0.4 is 14.9 Å². The van der Waals surface area contributed by atoms with Crippen LogP contribution in [-0.2, 0) is 11.2 Å². The highest BCUT2D eigenvalue weighted by Crippen LogP contribution is 2.57. The van der Waals surface area contributed by atoms with Crippen LogP contribution in [0.15, 0.2) is 29.2 Å². The predicted octanol–water partition coefficient (Wildman–Crippen LogP) is 3.53. The van der Waals surface area contributed by atoms with Crippen LogP contribution in [-0.4, -0.2) is 43.1 Å². The minimum Gasteiger partial charge on any atom is -0.493 e. The molecule has 1 aromatic heterocycles. The maximum absolute atomic E-state index is 12.5. The van der Waals surface area contributed by atoms with Crippen LogP contribution in [0.2, 0.25) is 0 Å². The van der Waals surface area contributed by atoms with Crippen molar-refractivity contribution in [2.45, 2.75) is 38.6 Å². The number of aromatic nitrogens is 1. The molecule has 7 nitrogen and oxygen atoms in total. The zero-order valence-electron chi connectivity index (χ0n) is 17.6. The lowest BCUT2D eigenvalue weighted by Gasteiger charge is -2.35. The van der Waals surface area contributed by atoms with Gasteiger partial charge < -0.3 is 23.9 Å². The number of carboxylic acid groups (broad SMARTS) is 1. The van der Waals surface area contributed by atoms with E-state index < -0.39 is 11.4 Å². The van der Waals surface area contributed by atoms with Crippen molar-refractivity contribution < 1.29 is 24.1 Å². The Morgan fingerprint density at radius 2 is 1.97 bits per heavy atom. The van der Waals surface area contributed by atoms with E-state index in [-0.39, 0.29) is 17.0 Å². The fraction of sp³-hybridized carbons (Fsp3) is 0.478. The number of ether oxygens (including phenoxy) is 3. The first kappa shape index (κ1) is 20.5. The average molecular weight is 413 g/mol. The summed E-state index contributed by atoms with van der Waals surface area (Å²) in [6.45, 7) is 3.36. The molecule has 1 fully saturated rings. The first-order valence-corrected chi connectivity index (χ1v) is 10.2. The topological polar surface area (TPSA) is 87.0 Å². The van der Waals surface area contributed by atoms with Crippen molar-refractivity contribution in [1.29, 1.82) is 0 Å². The van der Waals surface area contributed by atoms with Crippen molar-refractivity contribution in [2.24, 2.45) is 5.41 Å². The molecule has 1 saturated carbocycles. The highest BCUT2D eigenvalue weighted by atomic mass is 16.5. The summed E-state index contributed by atoms with van der Waals surface area (Å²) in [5.74, 6) is 0.0618. The van der Waals surface area contributed by atoms with E-state index in [0.29, 0.717) is 24.7 Å². The normalized spacial score (nSPS) is 18.3. The second kappa shape index (κ2) is 7.80. The Balaban J connectivity index is 1.81. The average Bonchev–Trinajstić information content (AvgIpc) is 3.47. The largest absolute Gasteiger partial charge is 0.493 e. The number of carbonyl (C=O) groups is 1. The predicted molar refractivity (Wildman–Crippen MR) is 112 cm³/mol. The maximum atomic E-state index is 12.5. The number of pyridine rings is 1. The number of hydrogen-bond donors (Lipinski definition) is 1. The molecule has 0 saturated heterocycles. The highest BCUT2D eigenvalue weighted by Gasteiger charge is 2.47. The van der Waals surface area contributed by atoms with Gasteiger partial charge in [0.15, 0.2) is 16.9 Å². The van der Waals surface area contributed by atoms with E-state index in [1.54, 1.807) is 14.2 Å². The first-order valence-electron chi connectivity index (χ1n) is 10.2. The second-order valence-electron chi connectivity index (χ2n) is 8.38. The van der Waals surface area contributed by atoms with Gasteiger partial charge in [-0.3, -0.25) is 4.79 Å². The minimum atomic E-state index is -1.20. The van der Waals surface area contributed by atoms with E-state index in [4.69, 9.17) is 14.2 Å². The second-order valence-corrected chi connectivity index (χ2v) is 8.38. The third kappa shape index (κ3) is 3.58. The Morgan fingerprint density at radius 1 is 1.20 bits per heavy atom. The van der Waals surface area contributed by atoms with Gasteiger partial charge in [-0.1, -0.05) is 6.92 Å². The van der Waals surface area contributed by atoms with Crippen LogP contribution >= 0.6 is 0 Å². The smallest absolute Gasteiger partial charge is 0.341 e. The first-order chi connectivity index (χ1) is 14.4. The summed E-state index contributed by atoms with van der Waals surface area (Å²) >= 11 is 0. The number of fused-ring (bicyclic) bond motifs is 3. The van der Waals surface area contributed by atoms with E-state index in [9.17, 15) is 14.7 Å². The third-order valence-electron chi connectivity index (χ3n) is 6.32. The maximum Gasteiger partial charge on any atom is 0.341 e. The molecule has 2 heterocycles. The van der Waals surface area contributed by atoms with Gasteiger partial charge in [-0.2, -0.15) is 0 Å². The monoisotopic (exact) mass is 413 g/mol. The van der Waals surface area contributed by atoms with E-state index >= 15 is 0 Å². The van der Waals surface area contributed by atoms with Crippen molar-refractivity contribution >= 4 is 5.97 Å². The fourth-order valence-corrected chi connectivity index (χ4v) is 4.27. The van der Waals surface area contributed by atoms with Gasteiger partial charge in [-0.25, -0.2) is 4.79 Å². The number of benzene rings is 1. The van der Waals surface area contributed by atoms with Crippen LogP contribution in [0.25, 0.3) is 11.3 Å². The Bertz CT molecular complexity index is 1040. The molecule has 1 aliphatic carbocycles. The number of methoxy groups -OCH3 is 2. The molecule has 1 N–H and O–H groups in total. The molecule has 1 aliphatic heterocycles. The van der Waals surface area contributed by atoms with Gasteiger partial charge in [0.25, 0.3) is 0 Å².